The number of benzene rings is 2. The quantitative estimate of drug-likeness (QED) is 0.592. The molecule has 0 saturated heterocycles. The summed E-state index contributed by atoms with van der Waals surface area (Å²) < 4.78 is 26.2. The van der Waals surface area contributed by atoms with E-state index in [2.05, 4.69) is 5.32 Å². The zero-order valence-electron chi connectivity index (χ0n) is 19.5. The van der Waals surface area contributed by atoms with Crippen LogP contribution in [0.15, 0.2) is 48.5 Å². The molecule has 0 radical (unpaired) electrons. The zero-order valence-corrected chi connectivity index (χ0v) is 20.3. The summed E-state index contributed by atoms with van der Waals surface area (Å²) in [4.78, 5) is 27.7. The molecule has 0 saturated carbocycles. The number of amides is 2. The summed E-state index contributed by atoms with van der Waals surface area (Å²) >= 11 is 0. The highest BCUT2D eigenvalue weighted by molar-refractivity contribution is 7.92. The van der Waals surface area contributed by atoms with Crippen LogP contribution in [0, 0.1) is 13.8 Å². The smallest absolute Gasteiger partial charge is 0.244 e. The Kier molecular flexibility index (Phi) is 8.83. The van der Waals surface area contributed by atoms with Gasteiger partial charge in [-0.25, -0.2) is 8.42 Å². The average Bonchev–Trinajstić information content (AvgIpc) is 2.73. The maximum Gasteiger partial charge on any atom is 0.244 e. The fourth-order valence-electron chi connectivity index (χ4n) is 3.51. The lowest BCUT2D eigenvalue weighted by Crippen LogP contribution is -2.52. The lowest BCUT2D eigenvalue weighted by atomic mass is 10.1. The van der Waals surface area contributed by atoms with Gasteiger partial charge < -0.3 is 10.2 Å². The Bertz CT molecular complexity index is 1040. The average molecular weight is 460 g/mol. The molecule has 0 heterocycles. The Hall–Kier alpha value is -2.87. The monoisotopic (exact) mass is 459 g/mol. The molecule has 1 unspecified atom stereocenters. The third-order valence-electron chi connectivity index (χ3n) is 5.34. The van der Waals surface area contributed by atoms with Crippen molar-refractivity contribution in [2.24, 2.45) is 0 Å². The van der Waals surface area contributed by atoms with Crippen LogP contribution in [0.25, 0.3) is 0 Å². The number of anilines is 1. The Morgan fingerprint density at radius 1 is 1.00 bits per heavy atom. The second-order valence-corrected chi connectivity index (χ2v) is 9.78. The molecule has 174 valence electrons. The van der Waals surface area contributed by atoms with Crippen LogP contribution < -0.4 is 9.62 Å². The van der Waals surface area contributed by atoms with Crippen molar-refractivity contribution in [3.8, 4) is 0 Å². The van der Waals surface area contributed by atoms with Gasteiger partial charge in [-0.1, -0.05) is 48.9 Å². The van der Waals surface area contributed by atoms with Gasteiger partial charge in [-0.2, -0.15) is 0 Å². The molecule has 0 aliphatic heterocycles. The first kappa shape index (κ1) is 25.4. The topological polar surface area (TPSA) is 86.8 Å². The fraction of sp³-hybridized carbons (Fsp3) is 0.417. The summed E-state index contributed by atoms with van der Waals surface area (Å²) in [6, 6.07) is 13.9. The predicted octanol–water partition coefficient (Wildman–Crippen LogP) is 3.01. The number of likely N-dealkylation sites (N-methyl/N-ethyl adjacent to an activating group) is 1. The van der Waals surface area contributed by atoms with Crippen LogP contribution in [0.5, 0.6) is 0 Å². The summed E-state index contributed by atoms with van der Waals surface area (Å²) in [5.41, 5.74) is 3.30. The maximum absolute atomic E-state index is 13.5. The van der Waals surface area contributed by atoms with Crippen LogP contribution in [-0.2, 0) is 26.2 Å². The van der Waals surface area contributed by atoms with Crippen molar-refractivity contribution in [2.45, 2.75) is 46.7 Å². The van der Waals surface area contributed by atoms with E-state index in [9.17, 15) is 18.0 Å². The highest BCUT2D eigenvalue weighted by Crippen LogP contribution is 2.21. The number of carbonyl (C=O) groups excluding carboxylic acids is 2. The molecule has 2 aromatic carbocycles. The SMILES string of the molecule is CCNC(=O)C(CC)N(Cc1ccccc1C)C(=O)CN(c1ccc(C)cc1)S(C)(=O)=O. The largest absolute Gasteiger partial charge is 0.355 e. The number of nitrogens with zero attached hydrogens (tertiary/aromatic N) is 2. The fourth-order valence-corrected chi connectivity index (χ4v) is 4.36. The predicted molar refractivity (Wildman–Crippen MR) is 128 cm³/mol. The van der Waals surface area contributed by atoms with Gasteiger partial charge in [-0.3, -0.25) is 13.9 Å². The second kappa shape index (κ2) is 11.1. The molecule has 0 fully saturated rings. The molecule has 1 N–H and O–H groups in total. The third kappa shape index (κ3) is 6.56. The highest BCUT2D eigenvalue weighted by atomic mass is 32.2. The molecule has 0 aliphatic rings. The Labute approximate surface area is 191 Å². The van der Waals surface area contributed by atoms with Crippen LogP contribution in [0.3, 0.4) is 0 Å². The molecule has 2 aromatic rings. The van der Waals surface area contributed by atoms with Gasteiger partial charge in [0.1, 0.15) is 12.6 Å². The Morgan fingerprint density at radius 2 is 1.62 bits per heavy atom. The molecular formula is C24H33N3O4S. The van der Waals surface area contributed by atoms with Crippen molar-refractivity contribution >= 4 is 27.5 Å². The first-order valence-electron chi connectivity index (χ1n) is 10.7. The van der Waals surface area contributed by atoms with Gasteiger partial charge in [0, 0.05) is 13.1 Å². The lowest BCUT2D eigenvalue weighted by Gasteiger charge is -2.33. The molecule has 2 rings (SSSR count). The number of hydrogen-bond donors (Lipinski definition) is 1. The van der Waals surface area contributed by atoms with E-state index in [4.69, 9.17) is 0 Å². The Morgan fingerprint density at radius 3 is 2.16 bits per heavy atom. The van der Waals surface area contributed by atoms with Gasteiger partial charge in [0.15, 0.2) is 0 Å². The number of sulfonamides is 1. The number of hydrogen-bond acceptors (Lipinski definition) is 4. The summed E-state index contributed by atoms with van der Waals surface area (Å²) in [5.74, 6) is -0.685. The van der Waals surface area contributed by atoms with Crippen molar-refractivity contribution in [3.05, 3.63) is 65.2 Å². The number of nitrogens with one attached hydrogen (secondary N) is 1. The minimum atomic E-state index is -3.72. The first-order valence-corrected chi connectivity index (χ1v) is 12.6. The van der Waals surface area contributed by atoms with Crippen LogP contribution in [-0.4, -0.2) is 50.5 Å². The first-order chi connectivity index (χ1) is 15.1. The number of aryl methyl sites for hydroxylation is 2. The maximum atomic E-state index is 13.5. The van der Waals surface area contributed by atoms with Gasteiger partial charge in [0.2, 0.25) is 21.8 Å². The summed E-state index contributed by atoms with van der Waals surface area (Å²) in [6.45, 7) is 7.78. The van der Waals surface area contributed by atoms with Gasteiger partial charge >= 0.3 is 0 Å². The van der Waals surface area contributed by atoms with Crippen molar-refractivity contribution in [1.29, 1.82) is 0 Å². The van der Waals surface area contributed by atoms with E-state index in [0.29, 0.717) is 18.7 Å². The lowest BCUT2D eigenvalue weighted by molar-refractivity contribution is -0.140. The van der Waals surface area contributed by atoms with E-state index in [-0.39, 0.29) is 19.0 Å². The van der Waals surface area contributed by atoms with E-state index in [1.165, 1.54) is 4.90 Å². The molecule has 8 heteroatoms. The third-order valence-corrected chi connectivity index (χ3v) is 6.48. The summed E-state index contributed by atoms with van der Waals surface area (Å²) in [6.07, 6.45) is 1.49. The van der Waals surface area contributed by atoms with Gasteiger partial charge in [-0.15, -0.1) is 0 Å². The van der Waals surface area contributed by atoms with Crippen LogP contribution in [0.2, 0.25) is 0 Å². The van der Waals surface area contributed by atoms with Crippen molar-refractivity contribution in [3.63, 3.8) is 0 Å². The van der Waals surface area contributed by atoms with E-state index < -0.39 is 22.0 Å². The second-order valence-electron chi connectivity index (χ2n) is 7.87. The minimum Gasteiger partial charge on any atom is -0.355 e. The van der Waals surface area contributed by atoms with Gasteiger partial charge in [0.05, 0.1) is 11.9 Å². The standard InChI is InChI=1S/C24H33N3O4S/c1-6-22(24(29)25-7-2)26(16-20-11-9-8-10-19(20)4)23(28)17-27(32(5,30)31)21-14-12-18(3)13-15-21/h8-15,22H,6-7,16-17H2,1-5H3,(H,25,29). The molecule has 0 bridgehead atoms. The van der Waals surface area contributed by atoms with Crippen LogP contribution >= 0.6 is 0 Å². The molecule has 0 aromatic heterocycles. The molecule has 2 amide bonds. The molecule has 1 atom stereocenters. The molecule has 0 spiro atoms. The van der Waals surface area contributed by atoms with Gasteiger partial charge in [-0.05, 0) is 50.5 Å². The van der Waals surface area contributed by atoms with E-state index in [1.54, 1.807) is 24.3 Å². The highest BCUT2D eigenvalue weighted by Gasteiger charge is 2.31. The van der Waals surface area contributed by atoms with Crippen LogP contribution in [0.4, 0.5) is 5.69 Å². The molecule has 32 heavy (non-hydrogen) atoms. The van der Waals surface area contributed by atoms with Crippen molar-refractivity contribution in [1.82, 2.24) is 10.2 Å². The minimum absolute atomic E-state index is 0.215. The van der Waals surface area contributed by atoms with E-state index >= 15 is 0 Å². The Balaban J connectivity index is 2.43. The zero-order chi connectivity index (χ0) is 23.9. The molecular weight excluding hydrogens is 426 g/mol. The summed E-state index contributed by atoms with van der Waals surface area (Å²) in [7, 11) is -3.72. The van der Waals surface area contributed by atoms with Crippen molar-refractivity contribution in [2.75, 3.05) is 23.7 Å². The normalized spacial score (nSPS) is 12.2. The van der Waals surface area contributed by atoms with E-state index in [1.807, 2.05) is 52.0 Å². The van der Waals surface area contributed by atoms with E-state index in [0.717, 1.165) is 27.3 Å². The summed E-state index contributed by atoms with van der Waals surface area (Å²) in [5, 5.41) is 2.79. The van der Waals surface area contributed by atoms with Crippen LogP contribution in [0.1, 0.15) is 37.0 Å². The van der Waals surface area contributed by atoms with Gasteiger partial charge in [0.25, 0.3) is 0 Å². The number of rotatable bonds is 10. The number of carbonyl (C=O) groups is 2. The molecule has 0 aliphatic carbocycles. The molecule has 7 nitrogen and oxygen atoms in total. The van der Waals surface area contributed by atoms with Crippen molar-refractivity contribution < 1.29 is 18.0 Å².